The summed E-state index contributed by atoms with van der Waals surface area (Å²) < 4.78 is 0. The summed E-state index contributed by atoms with van der Waals surface area (Å²) in [5.74, 6) is 0. The molecule has 2 aliphatic heterocycles. The van der Waals surface area contributed by atoms with E-state index in [1.807, 2.05) is 6.08 Å². The van der Waals surface area contributed by atoms with Crippen LogP contribution in [0.25, 0.3) is 0 Å². The van der Waals surface area contributed by atoms with Crippen molar-refractivity contribution in [1.82, 2.24) is 4.90 Å². The first kappa shape index (κ1) is 7.11. The Labute approximate surface area is 68.4 Å². The van der Waals surface area contributed by atoms with Crippen LogP contribution in [0.2, 0.25) is 0 Å². The molecule has 0 aromatic carbocycles. The van der Waals surface area contributed by atoms with Gasteiger partial charge in [0.2, 0.25) is 0 Å². The average molecular weight is 149 g/mol. The van der Waals surface area contributed by atoms with E-state index in [0.717, 1.165) is 12.6 Å². The Hall–Kier alpha value is -0.560. The summed E-state index contributed by atoms with van der Waals surface area (Å²) in [4.78, 5) is 2.58. The number of fused-ring (bicyclic) bond motifs is 1. The van der Waals surface area contributed by atoms with Crippen molar-refractivity contribution in [2.75, 3.05) is 13.1 Å². The summed E-state index contributed by atoms with van der Waals surface area (Å²) in [6.07, 6.45) is 8.35. The zero-order chi connectivity index (χ0) is 7.68. The van der Waals surface area contributed by atoms with Crippen LogP contribution in [0.15, 0.2) is 24.3 Å². The molecular formula is C10H15N. The maximum absolute atomic E-state index is 3.81. The van der Waals surface area contributed by atoms with Crippen LogP contribution in [-0.4, -0.2) is 24.0 Å². The lowest BCUT2D eigenvalue weighted by molar-refractivity contribution is 0.267. The summed E-state index contributed by atoms with van der Waals surface area (Å²) >= 11 is 0. The van der Waals surface area contributed by atoms with Crippen LogP contribution in [0.3, 0.4) is 0 Å². The standard InChI is InChI=1S/C10H15N/c1-2-9-5-7-11-6-3-4-10(11)8-9/h2,5,10H,1,3-4,6-8H2/t10-/m0/s1. The van der Waals surface area contributed by atoms with Crippen molar-refractivity contribution in [1.29, 1.82) is 0 Å². The van der Waals surface area contributed by atoms with E-state index in [9.17, 15) is 0 Å². The average Bonchev–Trinajstić information content (AvgIpc) is 2.50. The quantitative estimate of drug-likeness (QED) is 0.551. The minimum Gasteiger partial charge on any atom is -0.296 e. The van der Waals surface area contributed by atoms with E-state index < -0.39 is 0 Å². The molecule has 0 aromatic heterocycles. The van der Waals surface area contributed by atoms with Gasteiger partial charge in [0.05, 0.1) is 0 Å². The third kappa shape index (κ3) is 1.25. The van der Waals surface area contributed by atoms with Gasteiger partial charge in [-0.05, 0) is 31.4 Å². The molecule has 0 unspecified atom stereocenters. The smallest absolute Gasteiger partial charge is 0.0171 e. The number of allylic oxidation sites excluding steroid dienone is 1. The molecule has 1 fully saturated rings. The second-order valence-corrected chi connectivity index (χ2v) is 3.48. The third-order valence-corrected chi connectivity index (χ3v) is 2.82. The highest BCUT2D eigenvalue weighted by atomic mass is 15.2. The van der Waals surface area contributed by atoms with Gasteiger partial charge in [-0.15, -0.1) is 0 Å². The topological polar surface area (TPSA) is 3.24 Å². The van der Waals surface area contributed by atoms with Crippen molar-refractivity contribution >= 4 is 0 Å². The lowest BCUT2D eigenvalue weighted by Crippen LogP contribution is -2.32. The SMILES string of the molecule is C=CC1=CCN2CCC[C@H]2C1. The number of rotatable bonds is 1. The normalized spacial score (nSPS) is 31.3. The van der Waals surface area contributed by atoms with Crippen LogP contribution in [0.5, 0.6) is 0 Å². The second-order valence-electron chi connectivity index (χ2n) is 3.48. The van der Waals surface area contributed by atoms with E-state index in [-0.39, 0.29) is 0 Å². The Kier molecular flexibility index (Phi) is 1.82. The Morgan fingerprint density at radius 3 is 3.36 bits per heavy atom. The van der Waals surface area contributed by atoms with Crippen molar-refractivity contribution in [3.8, 4) is 0 Å². The van der Waals surface area contributed by atoms with Crippen molar-refractivity contribution < 1.29 is 0 Å². The molecule has 0 aromatic rings. The van der Waals surface area contributed by atoms with E-state index >= 15 is 0 Å². The number of hydrogen-bond donors (Lipinski definition) is 0. The maximum Gasteiger partial charge on any atom is 0.0171 e. The van der Waals surface area contributed by atoms with Crippen LogP contribution in [-0.2, 0) is 0 Å². The molecule has 0 bridgehead atoms. The third-order valence-electron chi connectivity index (χ3n) is 2.82. The van der Waals surface area contributed by atoms with E-state index in [4.69, 9.17) is 0 Å². The molecular weight excluding hydrogens is 134 g/mol. The van der Waals surface area contributed by atoms with Gasteiger partial charge in [-0.2, -0.15) is 0 Å². The van der Waals surface area contributed by atoms with Crippen LogP contribution in [0.1, 0.15) is 19.3 Å². The molecule has 1 heteroatoms. The fraction of sp³-hybridized carbons (Fsp3) is 0.600. The van der Waals surface area contributed by atoms with Crippen molar-refractivity contribution in [3.63, 3.8) is 0 Å². The first-order chi connectivity index (χ1) is 5.40. The molecule has 0 amide bonds. The Morgan fingerprint density at radius 1 is 1.64 bits per heavy atom. The van der Waals surface area contributed by atoms with Crippen LogP contribution >= 0.6 is 0 Å². The first-order valence-corrected chi connectivity index (χ1v) is 4.45. The summed E-state index contributed by atoms with van der Waals surface area (Å²) in [5, 5.41) is 0. The van der Waals surface area contributed by atoms with Gasteiger partial charge in [0.25, 0.3) is 0 Å². The fourth-order valence-corrected chi connectivity index (χ4v) is 2.12. The molecule has 11 heavy (non-hydrogen) atoms. The molecule has 0 saturated carbocycles. The summed E-state index contributed by atoms with van der Waals surface area (Å²) in [5.41, 5.74) is 1.45. The van der Waals surface area contributed by atoms with Crippen molar-refractivity contribution in [2.24, 2.45) is 0 Å². The zero-order valence-electron chi connectivity index (χ0n) is 6.92. The van der Waals surface area contributed by atoms with Gasteiger partial charge in [-0.25, -0.2) is 0 Å². The van der Waals surface area contributed by atoms with E-state index in [1.54, 1.807) is 0 Å². The molecule has 1 saturated heterocycles. The van der Waals surface area contributed by atoms with Crippen molar-refractivity contribution in [2.45, 2.75) is 25.3 Å². The molecule has 2 rings (SSSR count). The van der Waals surface area contributed by atoms with E-state index in [2.05, 4.69) is 17.6 Å². The monoisotopic (exact) mass is 149 g/mol. The number of hydrogen-bond acceptors (Lipinski definition) is 1. The van der Waals surface area contributed by atoms with E-state index in [1.165, 1.54) is 31.4 Å². The lowest BCUT2D eigenvalue weighted by atomic mass is 10.0. The zero-order valence-corrected chi connectivity index (χ0v) is 6.92. The summed E-state index contributed by atoms with van der Waals surface area (Å²) in [6, 6.07) is 0.841. The highest BCUT2D eigenvalue weighted by Gasteiger charge is 2.26. The molecule has 0 N–H and O–H groups in total. The minimum absolute atomic E-state index is 0.841. The molecule has 0 spiro atoms. The molecule has 60 valence electrons. The molecule has 0 radical (unpaired) electrons. The van der Waals surface area contributed by atoms with Gasteiger partial charge >= 0.3 is 0 Å². The largest absolute Gasteiger partial charge is 0.296 e. The molecule has 0 aliphatic carbocycles. The Morgan fingerprint density at radius 2 is 2.55 bits per heavy atom. The second kappa shape index (κ2) is 2.82. The summed E-state index contributed by atoms with van der Waals surface area (Å²) in [7, 11) is 0. The van der Waals surface area contributed by atoms with Gasteiger partial charge in [0.1, 0.15) is 0 Å². The molecule has 2 heterocycles. The lowest BCUT2D eigenvalue weighted by Gasteiger charge is -2.27. The predicted octanol–water partition coefficient (Wildman–Crippen LogP) is 1.97. The molecule has 1 atom stereocenters. The molecule has 2 aliphatic rings. The van der Waals surface area contributed by atoms with Crippen LogP contribution in [0.4, 0.5) is 0 Å². The fourth-order valence-electron chi connectivity index (χ4n) is 2.12. The predicted molar refractivity (Wildman–Crippen MR) is 47.5 cm³/mol. The van der Waals surface area contributed by atoms with Gasteiger partial charge in [0.15, 0.2) is 0 Å². The highest BCUT2D eigenvalue weighted by molar-refractivity contribution is 5.21. The van der Waals surface area contributed by atoms with Crippen LogP contribution in [0, 0.1) is 0 Å². The number of nitrogens with zero attached hydrogens (tertiary/aromatic N) is 1. The summed E-state index contributed by atoms with van der Waals surface area (Å²) in [6.45, 7) is 6.28. The Bertz CT molecular complexity index is 193. The van der Waals surface area contributed by atoms with Crippen molar-refractivity contribution in [3.05, 3.63) is 24.3 Å². The van der Waals surface area contributed by atoms with Gasteiger partial charge in [0, 0.05) is 12.6 Å². The highest BCUT2D eigenvalue weighted by Crippen LogP contribution is 2.26. The first-order valence-electron chi connectivity index (χ1n) is 4.45. The molecule has 1 nitrogen and oxygen atoms in total. The van der Waals surface area contributed by atoms with E-state index in [0.29, 0.717) is 0 Å². The van der Waals surface area contributed by atoms with Gasteiger partial charge < -0.3 is 0 Å². The maximum atomic E-state index is 3.81. The van der Waals surface area contributed by atoms with Gasteiger partial charge in [-0.3, -0.25) is 4.90 Å². The van der Waals surface area contributed by atoms with Gasteiger partial charge in [-0.1, -0.05) is 18.7 Å². The Balaban J connectivity index is 2.08. The van der Waals surface area contributed by atoms with Crippen LogP contribution < -0.4 is 0 Å². The minimum atomic E-state index is 0.841.